The normalized spacial score (nSPS) is 13.1. The van der Waals surface area contributed by atoms with Gasteiger partial charge in [0.2, 0.25) is 0 Å². The summed E-state index contributed by atoms with van der Waals surface area (Å²) in [4.78, 5) is 11.6. The fraction of sp³-hybridized carbons (Fsp3) is 0.438. The molecule has 2 atom stereocenters. The molecule has 0 saturated heterocycles. The zero-order valence-electron chi connectivity index (χ0n) is 12.4. The van der Waals surface area contributed by atoms with Crippen molar-refractivity contribution in [2.45, 2.75) is 38.8 Å². The van der Waals surface area contributed by atoms with Crippen LogP contribution in [0.2, 0.25) is 0 Å². The van der Waals surface area contributed by atoms with Crippen LogP contribution in [0.25, 0.3) is 0 Å². The Bertz CT molecular complexity index is 525. The second-order valence-electron chi connectivity index (χ2n) is 4.82. The summed E-state index contributed by atoms with van der Waals surface area (Å²) >= 11 is 0. The van der Waals surface area contributed by atoms with Gasteiger partial charge < -0.3 is 15.8 Å². The number of terminal acetylenes is 1. The number of ether oxygens (including phenoxy) is 1. The molecule has 3 N–H and O–H groups in total. The Balaban J connectivity index is 2.68. The Hall–Kier alpha value is -2.06. The number of halogens is 1. The number of nitrogens with two attached hydrogens (primary N) is 1. The third-order valence-electron chi connectivity index (χ3n) is 3.06. The van der Waals surface area contributed by atoms with Crippen LogP contribution in [0.15, 0.2) is 18.2 Å². The van der Waals surface area contributed by atoms with Crippen LogP contribution in [0.1, 0.15) is 25.8 Å². The highest BCUT2D eigenvalue weighted by molar-refractivity contribution is 5.80. The van der Waals surface area contributed by atoms with Gasteiger partial charge >= 0.3 is 0 Å². The van der Waals surface area contributed by atoms with Crippen LogP contribution >= 0.6 is 0 Å². The number of hydrogen-bond acceptors (Lipinski definition) is 3. The molecule has 0 aliphatic rings. The van der Waals surface area contributed by atoms with Gasteiger partial charge in [0.15, 0.2) is 17.7 Å². The van der Waals surface area contributed by atoms with Crippen LogP contribution in [0, 0.1) is 18.2 Å². The highest BCUT2D eigenvalue weighted by Crippen LogP contribution is 2.20. The molecular formula is C16H21FN2O2. The van der Waals surface area contributed by atoms with E-state index in [2.05, 4.69) is 11.2 Å². The van der Waals surface area contributed by atoms with Crippen LogP contribution in [0.4, 0.5) is 4.39 Å². The fourth-order valence-corrected chi connectivity index (χ4v) is 1.74. The fourth-order valence-electron chi connectivity index (χ4n) is 1.74. The van der Waals surface area contributed by atoms with E-state index in [-0.39, 0.29) is 24.2 Å². The molecule has 114 valence electrons. The van der Waals surface area contributed by atoms with Gasteiger partial charge in [-0.3, -0.25) is 4.79 Å². The first-order valence-electron chi connectivity index (χ1n) is 6.89. The van der Waals surface area contributed by atoms with E-state index in [0.29, 0.717) is 6.42 Å². The molecule has 0 aromatic heterocycles. The minimum absolute atomic E-state index is 0.00429. The van der Waals surface area contributed by atoms with Gasteiger partial charge in [0.05, 0.1) is 6.54 Å². The molecule has 0 saturated carbocycles. The van der Waals surface area contributed by atoms with E-state index in [4.69, 9.17) is 16.9 Å². The number of rotatable bonds is 7. The SMILES string of the molecule is C#CCNC(=O)C(C)Oc1ccc(CC(N)CC)cc1F. The van der Waals surface area contributed by atoms with E-state index in [1.54, 1.807) is 6.07 Å². The van der Waals surface area contributed by atoms with Crippen molar-refractivity contribution in [3.05, 3.63) is 29.6 Å². The maximum absolute atomic E-state index is 14.0. The minimum atomic E-state index is -0.823. The van der Waals surface area contributed by atoms with E-state index in [9.17, 15) is 9.18 Å². The van der Waals surface area contributed by atoms with Crippen molar-refractivity contribution in [3.63, 3.8) is 0 Å². The molecule has 1 amide bonds. The Morgan fingerprint density at radius 2 is 2.29 bits per heavy atom. The average Bonchev–Trinajstić information content (AvgIpc) is 2.47. The summed E-state index contributed by atoms with van der Waals surface area (Å²) in [7, 11) is 0. The van der Waals surface area contributed by atoms with Crippen molar-refractivity contribution in [3.8, 4) is 18.1 Å². The topological polar surface area (TPSA) is 64.3 Å². The predicted octanol–water partition coefficient (Wildman–Crippen LogP) is 1.62. The van der Waals surface area contributed by atoms with Gasteiger partial charge in [0.25, 0.3) is 5.91 Å². The lowest BCUT2D eigenvalue weighted by Crippen LogP contribution is -2.36. The number of amides is 1. The molecule has 0 radical (unpaired) electrons. The molecule has 1 aromatic rings. The van der Waals surface area contributed by atoms with Crippen LogP contribution in [-0.2, 0) is 11.2 Å². The van der Waals surface area contributed by atoms with Crippen molar-refractivity contribution in [2.75, 3.05) is 6.54 Å². The number of benzene rings is 1. The summed E-state index contributed by atoms with van der Waals surface area (Å²) in [6.45, 7) is 3.63. The minimum Gasteiger partial charge on any atom is -0.478 e. The summed E-state index contributed by atoms with van der Waals surface area (Å²) in [6.07, 6.45) is 5.65. The number of hydrogen-bond donors (Lipinski definition) is 2. The van der Waals surface area contributed by atoms with E-state index in [1.807, 2.05) is 6.92 Å². The summed E-state index contributed by atoms with van der Waals surface area (Å²) in [5, 5.41) is 2.48. The Labute approximate surface area is 124 Å². The molecular weight excluding hydrogens is 271 g/mol. The standard InChI is InChI=1S/C16H21FN2O2/c1-4-8-19-16(20)11(3)21-15-7-6-12(10-14(15)17)9-13(18)5-2/h1,6-7,10-11,13H,5,8-9,18H2,2-3H3,(H,19,20). The van der Waals surface area contributed by atoms with Crippen LogP contribution in [0.3, 0.4) is 0 Å². The molecule has 5 heteroatoms. The van der Waals surface area contributed by atoms with Gasteiger partial charge in [-0.15, -0.1) is 6.42 Å². The second-order valence-corrected chi connectivity index (χ2v) is 4.82. The molecule has 1 aromatic carbocycles. The van der Waals surface area contributed by atoms with Crippen molar-refractivity contribution < 1.29 is 13.9 Å². The summed E-state index contributed by atoms with van der Waals surface area (Å²) in [6, 6.07) is 4.65. The first kappa shape index (κ1) is 17.0. The zero-order chi connectivity index (χ0) is 15.8. The maximum Gasteiger partial charge on any atom is 0.261 e. The Kier molecular flexibility index (Phi) is 6.70. The second kappa shape index (κ2) is 8.28. The van der Waals surface area contributed by atoms with Crippen LogP contribution in [-0.4, -0.2) is 24.6 Å². The lowest BCUT2D eigenvalue weighted by molar-refractivity contribution is -0.127. The summed E-state index contributed by atoms with van der Waals surface area (Å²) in [5.74, 6) is 1.43. The molecule has 0 aliphatic carbocycles. The molecule has 21 heavy (non-hydrogen) atoms. The molecule has 0 spiro atoms. The predicted molar refractivity (Wildman–Crippen MR) is 80.3 cm³/mol. The maximum atomic E-state index is 14.0. The first-order chi connectivity index (χ1) is 9.97. The molecule has 0 heterocycles. The molecule has 0 bridgehead atoms. The largest absolute Gasteiger partial charge is 0.478 e. The molecule has 0 fully saturated rings. The summed E-state index contributed by atoms with van der Waals surface area (Å²) < 4.78 is 19.3. The molecule has 4 nitrogen and oxygen atoms in total. The van der Waals surface area contributed by atoms with Gasteiger partial charge in [-0.1, -0.05) is 18.9 Å². The van der Waals surface area contributed by atoms with Crippen molar-refractivity contribution in [2.24, 2.45) is 5.73 Å². The number of nitrogens with one attached hydrogen (secondary N) is 1. The highest BCUT2D eigenvalue weighted by atomic mass is 19.1. The first-order valence-corrected chi connectivity index (χ1v) is 6.89. The van der Waals surface area contributed by atoms with Gasteiger partial charge in [-0.05, 0) is 37.5 Å². The average molecular weight is 292 g/mol. The lowest BCUT2D eigenvalue weighted by Gasteiger charge is -2.15. The summed E-state index contributed by atoms with van der Waals surface area (Å²) in [5.41, 5.74) is 6.64. The van der Waals surface area contributed by atoms with E-state index >= 15 is 0 Å². The van der Waals surface area contributed by atoms with Crippen molar-refractivity contribution in [1.29, 1.82) is 0 Å². The monoisotopic (exact) mass is 292 g/mol. The molecule has 2 unspecified atom stereocenters. The Morgan fingerprint density at radius 3 is 2.86 bits per heavy atom. The number of carbonyl (C=O) groups excluding carboxylic acids is 1. The van der Waals surface area contributed by atoms with Gasteiger partial charge in [-0.2, -0.15) is 0 Å². The highest BCUT2D eigenvalue weighted by Gasteiger charge is 2.16. The number of carbonyl (C=O) groups is 1. The third kappa shape index (κ3) is 5.44. The van der Waals surface area contributed by atoms with Crippen LogP contribution < -0.4 is 15.8 Å². The van der Waals surface area contributed by atoms with Crippen LogP contribution in [0.5, 0.6) is 5.75 Å². The van der Waals surface area contributed by atoms with Gasteiger partial charge in [0, 0.05) is 6.04 Å². The lowest BCUT2D eigenvalue weighted by atomic mass is 10.0. The third-order valence-corrected chi connectivity index (χ3v) is 3.06. The zero-order valence-corrected chi connectivity index (χ0v) is 12.4. The Morgan fingerprint density at radius 1 is 1.57 bits per heavy atom. The quantitative estimate of drug-likeness (QED) is 0.751. The van der Waals surface area contributed by atoms with Gasteiger partial charge in [0.1, 0.15) is 0 Å². The molecule has 0 aliphatic heterocycles. The van der Waals surface area contributed by atoms with E-state index < -0.39 is 11.9 Å². The van der Waals surface area contributed by atoms with Gasteiger partial charge in [-0.25, -0.2) is 4.39 Å². The van der Waals surface area contributed by atoms with E-state index in [1.165, 1.54) is 19.1 Å². The van der Waals surface area contributed by atoms with E-state index in [0.717, 1.165) is 12.0 Å². The van der Waals surface area contributed by atoms with Crippen molar-refractivity contribution in [1.82, 2.24) is 5.32 Å². The van der Waals surface area contributed by atoms with Crippen molar-refractivity contribution >= 4 is 5.91 Å². The smallest absolute Gasteiger partial charge is 0.261 e. The molecule has 1 rings (SSSR count).